The summed E-state index contributed by atoms with van der Waals surface area (Å²) in [7, 11) is 0. The summed E-state index contributed by atoms with van der Waals surface area (Å²) in [5.41, 5.74) is 9.69. The molecule has 2 nitrogen and oxygen atoms in total. The van der Waals surface area contributed by atoms with Crippen LogP contribution >= 0.6 is 11.3 Å². The number of nitrogens with zero attached hydrogens (tertiary/aromatic N) is 2. The summed E-state index contributed by atoms with van der Waals surface area (Å²) in [4.78, 5) is 9.31. The molecule has 0 saturated carbocycles. The SMILES string of the molecule is CC(C)(C)Cc1ccnc(-c2[c-]ccc3c2sc2cccc(-c4ccccc4)c23)c1.Cc1cc(-c2[c-]cccc2)nc[c]1[Ge]([CH3])([CH3])[CH3].[Ir]. The van der Waals surface area contributed by atoms with E-state index >= 15 is 0 Å². The molecular weight excluding hydrogens is 841 g/mol. The van der Waals surface area contributed by atoms with E-state index in [2.05, 4.69) is 147 Å². The molecule has 3 aromatic heterocycles. The molecule has 1 radical (unpaired) electrons. The molecule has 0 bridgehead atoms. The van der Waals surface area contributed by atoms with Crippen molar-refractivity contribution < 1.29 is 20.1 Å². The zero-order chi connectivity index (χ0) is 33.2. The molecule has 0 aliphatic rings. The minimum absolute atomic E-state index is 0. The molecule has 0 aliphatic heterocycles. The van der Waals surface area contributed by atoms with Gasteiger partial charge < -0.3 is 4.98 Å². The first-order valence-corrected chi connectivity index (χ1v) is 24.4. The van der Waals surface area contributed by atoms with E-state index in [1.807, 2.05) is 41.8 Å². The molecule has 7 rings (SSSR count). The first-order chi connectivity index (χ1) is 22.5. The molecule has 5 heteroatoms. The number of pyridine rings is 2. The van der Waals surface area contributed by atoms with Crippen LogP contribution < -0.4 is 4.40 Å². The van der Waals surface area contributed by atoms with Gasteiger partial charge in [-0.15, -0.1) is 23.8 Å². The predicted molar refractivity (Wildman–Crippen MR) is 206 cm³/mol. The molecule has 0 atom stereocenters. The van der Waals surface area contributed by atoms with Crippen LogP contribution in [0.2, 0.25) is 17.3 Å². The average molecular weight is 884 g/mol. The Morgan fingerprint density at radius 2 is 1.54 bits per heavy atom. The summed E-state index contributed by atoms with van der Waals surface area (Å²) in [5.74, 6) is 7.20. The first kappa shape index (κ1) is 35.9. The van der Waals surface area contributed by atoms with Gasteiger partial charge in [0.2, 0.25) is 0 Å². The molecule has 0 unspecified atom stereocenters. The van der Waals surface area contributed by atoms with Crippen LogP contribution in [-0.2, 0) is 26.5 Å². The summed E-state index contributed by atoms with van der Waals surface area (Å²) < 4.78 is 4.05. The Hall–Kier alpha value is -3.41. The Balaban J connectivity index is 0.000000214. The number of fused-ring (bicyclic) bond motifs is 3. The van der Waals surface area contributed by atoms with Crippen molar-refractivity contribution in [2.24, 2.45) is 5.41 Å². The summed E-state index contributed by atoms with van der Waals surface area (Å²) in [5, 5.41) is 2.61. The minimum Gasteiger partial charge on any atom is 0 e. The van der Waals surface area contributed by atoms with Crippen molar-refractivity contribution in [1.29, 1.82) is 0 Å². The van der Waals surface area contributed by atoms with Crippen molar-refractivity contribution in [2.45, 2.75) is 51.4 Å². The van der Waals surface area contributed by atoms with Crippen molar-refractivity contribution >= 4 is 49.2 Å². The third-order valence-corrected chi connectivity index (χ3v) is 13.9. The Kier molecular flexibility index (Phi) is 11.2. The number of hydrogen-bond acceptors (Lipinski definition) is 3. The van der Waals surface area contributed by atoms with Gasteiger partial charge in [-0.25, -0.2) is 0 Å². The molecule has 245 valence electrons. The second kappa shape index (κ2) is 15.0. The van der Waals surface area contributed by atoms with Crippen LogP contribution in [0.4, 0.5) is 0 Å². The zero-order valence-electron chi connectivity index (χ0n) is 28.8. The third-order valence-electron chi connectivity index (χ3n) is 8.26. The maximum atomic E-state index is 4.72. The van der Waals surface area contributed by atoms with Crippen LogP contribution in [0.25, 0.3) is 53.8 Å². The van der Waals surface area contributed by atoms with E-state index in [9.17, 15) is 0 Å². The summed E-state index contributed by atoms with van der Waals surface area (Å²) in [6, 6.07) is 42.8. The van der Waals surface area contributed by atoms with Crippen LogP contribution in [0.1, 0.15) is 31.9 Å². The standard InChI is InChI=1S/C28H24NS.C15H18GeN.Ir/c1-28(2,3)18-19-15-16-29-24(17-19)22-12-7-13-23-26-21(20-9-5-4-6-10-20)11-8-14-25(26)30-27(22)23;1-12-10-15(13-8-6-5-7-9-13)17-11-14(12)16(2,3)4;/h4-11,13-17H,18H2,1-3H3;5-8,10-11H,1-4H3;/q2*-1;. The number of aryl methyl sites for hydroxylation is 1. The minimum atomic E-state index is -1.77. The van der Waals surface area contributed by atoms with E-state index in [4.69, 9.17) is 4.98 Å². The van der Waals surface area contributed by atoms with Crippen LogP contribution in [-0.4, -0.2) is 23.2 Å². The number of thiophene rings is 1. The molecule has 0 saturated heterocycles. The molecule has 0 aliphatic carbocycles. The Morgan fingerprint density at radius 3 is 2.23 bits per heavy atom. The fourth-order valence-corrected chi connectivity index (χ4v) is 11.0. The normalized spacial score (nSPS) is 11.6. The van der Waals surface area contributed by atoms with Crippen LogP contribution in [0.3, 0.4) is 0 Å². The third kappa shape index (κ3) is 8.23. The van der Waals surface area contributed by atoms with Crippen molar-refractivity contribution in [1.82, 2.24) is 9.97 Å². The average Bonchev–Trinajstić information content (AvgIpc) is 3.44. The van der Waals surface area contributed by atoms with E-state index < -0.39 is 13.3 Å². The van der Waals surface area contributed by atoms with Gasteiger partial charge in [0.05, 0.1) is 0 Å². The van der Waals surface area contributed by atoms with Gasteiger partial charge in [-0.3, -0.25) is 0 Å². The molecule has 0 amide bonds. The largest absolute Gasteiger partial charge is 0 e. The fourth-order valence-electron chi connectivity index (χ4n) is 6.21. The molecule has 0 fully saturated rings. The van der Waals surface area contributed by atoms with E-state index in [1.165, 1.54) is 46.8 Å². The second-order valence-electron chi connectivity index (χ2n) is 14.4. The van der Waals surface area contributed by atoms with Crippen molar-refractivity contribution in [3.05, 3.63) is 139 Å². The van der Waals surface area contributed by atoms with Crippen LogP contribution in [0, 0.1) is 24.5 Å². The van der Waals surface area contributed by atoms with E-state index in [0.717, 1.165) is 28.9 Å². The van der Waals surface area contributed by atoms with Gasteiger partial charge in [0.1, 0.15) is 0 Å². The quantitative estimate of drug-likeness (QED) is 0.127. The van der Waals surface area contributed by atoms with E-state index in [0.29, 0.717) is 0 Å². The summed E-state index contributed by atoms with van der Waals surface area (Å²) in [6.07, 6.45) is 5.04. The monoisotopic (exact) mass is 885 g/mol. The predicted octanol–water partition coefficient (Wildman–Crippen LogP) is 11.6. The fraction of sp³-hybridized carbons (Fsp3) is 0.209. The number of rotatable bonds is 5. The molecule has 4 aromatic carbocycles. The molecule has 0 N–H and O–H groups in total. The van der Waals surface area contributed by atoms with Gasteiger partial charge in [0.15, 0.2) is 0 Å². The smallest absolute Gasteiger partial charge is 0 e. The topological polar surface area (TPSA) is 25.8 Å². The van der Waals surface area contributed by atoms with Crippen LogP contribution in [0.15, 0.2) is 116 Å². The number of aromatic nitrogens is 2. The molecular formula is C43H42GeIrN2S-2. The number of benzene rings is 4. The summed E-state index contributed by atoms with van der Waals surface area (Å²) in [6.45, 7) is 9.02. The van der Waals surface area contributed by atoms with Crippen LogP contribution in [0.5, 0.6) is 0 Å². The summed E-state index contributed by atoms with van der Waals surface area (Å²) >= 11 is 0.0671. The first-order valence-electron chi connectivity index (χ1n) is 16.3. The van der Waals surface area contributed by atoms with Gasteiger partial charge in [-0.05, 0) is 50.9 Å². The van der Waals surface area contributed by atoms with Gasteiger partial charge in [0, 0.05) is 31.0 Å². The Morgan fingerprint density at radius 1 is 0.771 bits per heavy atom. The van der Waals surface area contributed by atoms with Crippen molar-refractivity contribution in [2.75, 3.05) is 0 Å². The Labute approximate surface area is 306 Å². The maximum Gasteiger partial charge on any atom is 0 e. The zero-order valence-corrected chi connectivity index (χ0v) is 34.1. The van der Waals surface area contributed by atoms with E-state index in [1.54, 1.807) is 0 Å². The van der Waals surface area contributed by atoms with E-state index in [-0.39, 0.29) is 25.5 Å². The molecule has 3 heterocycles. The van der Waals surface area contributed by atoms with Crippen molar-refractivity contribution in [3.8, 4) is 33.6 Å². The van der Waals surface area contributed by atoms with Gasteiger partial charge in [0.25, 0.3) is 0 Å². The van der Waals surface area contributed by atoms with Crippen molar-refractivity contribution in [3.63, 3.8) is 0 Å². The Bertz CT molecular complexity index is 2140. The number of hydrogen-bond donors (Lipinski definition) is 0. The molecule has 0 spiro atoms. The van der Waals surface area contributed by atoms with Gasteiger partial charge in [-0.2, -0.15) is 11.3 Å². The molecule has 48 heavy (non-hydrogen) atoms. The maximum absolute atomic E-state index is 4.72. The molecule has 7 aromatic rings. The van der Waals surface area contributed by atoms with Gasteiger partial charge in [-0.1, -0.05) is 80.3 Å². The second-order valence-corrected chi connectivity index (χ2v) is 26.1. The van der Waals surface area contributed by atoms with Gasteiger partial charge >= 0.3 is 106 Å².